The summed E-state index contributed by atoms with van der Waals surface area (Å²) in [6.45, 7) is 7.68. The molecule has 25 heavy (non-hydrogen) atoms. The molecular weight excluding hydrogens is 331 g/mol. The lowest BCUT2D eigenvalue weighted by molar-refractivity contribution is 0.0701. The molecule has 2 rings (SSSR count). The number of hydrogen-bond donors (Lipinski definition) is 1. The van der Waals surface area contributed by atoms with Crippen molar-refractivity contribution in [2.45, 2.75) is 38.8 Å². The van der Waals surface area contributed by atoms with E-state index in [-0.39, 0.29) is 11.6 Å². The lowest BCUT2D eigenvalue weighted by Gasteiger charge is -2.38. The Balaban J connectivity index is 2.26. The number of hydrogen-bond acceptors (Lipinski definition) is 3. The minimum Gasteiger partial charge on any atom is -0.487 e. The predicted molar refractivity (Wildman–Crippen MR) is 103 cm³/mol. The molecule has 0 fully saturated rings. The lowest BCUT2D eigenvalue weighted by Crippen LogP contribution is -2.38. The first kappa shape index (κ1) is 19.2. The molecule has 0 aromatic heterocycles. The van der Waals surface area contributed by atoms with Gasteiger partial charge in [0.05, 0.1) is 11.6 Å². The van der Waals surface area contributed by atoms with Gasteiger partial charge < -0.3 is 9.30 Å². The van der Waals surface area contributed by atoms with Gasteiger partial charge in [-0.15, -0.1) is 0 Å². The van der Waals surface area contributed by atoms with Crippen molar-refractivity contribution < 1.29 is 9.30 Å². The number of rotatable bonds is 5. The van der Waals surface area contributed by atoms with E-state index in [2.05, 4.69) is 11.2 Å². The molecule has 2 atom stereocenters. The number of benzene rings is 1. The molecule has 1 aromatic carbocycles. The average molecular weight is 356 g/mol. The fourth-order valence-electron chi connectivity index (χ4n) is 2.85. The molecule has 0 saturated heterocycles. The van der Waals surface area contributed by atoms with Crippen LogP contribution in [0.2, 0.25) is 0 Å². The highest BCUT2D eigenvalue weighted by atomic mass is 31.2. The second kappa shape index (κ2) is 7.87. The molecule has 0 amide bonds. The molecule has 1 aliphatic heterocycles. The number of allylic oxidation sites excluding steroid dienone is 5. The lowest BCUT2D eigenvalue weighted by atomic mass is 9.89. The van der Waals surface area contributed by atoms with Gasteiger partial charge >= 0.3 is 0 Å². The zero-order valence-electron chi connectivity index (χ0n) is 15.2. The summed E-state index contributed by atoms with van der Waals surface area (Å²) in [6.07, 6.45) is 10.1. The van der Waals surface area contributed by atoms with Crippen molar-refractivity contribution in [3.63, 3.8) is 0 Å². The van der Waals surface area contributed by atoms with Gasteiger partial charge in [0, 0.05) is 24.7 Å². The van der Waals surface area contributed by atoms with Crippen LogP contribution in [0.25, 0.3) is 0 Å². The molecule has 1 aromatic rings. The molecule has 0 bridgehead atoms. The number of ether oxygens (including phenoxy) is 1. The van der Waals surface area contributed by atoms with Crippen LogP contribution in [0.15, 0.2) is 54.4 Å². The predicted octanol–water partition coefficient (Wildman–Crippen LogP) is 5.30. The van der Waals surface area contributed by atoms with Crippen LogP contribution >= 0.6 is 7.29 Å². The Kier molecular flexibility index (Phi) is 6.06. The van der Waals surface area contributed by atoms with Gasteiger partial charge in [-0.25, -0.2) is 0 Å². The second-order valence-electron chi connectivity index (χ2n) is 6.85. The van der Waals surface area contributed by atoms with Crippen LogP contribution in [-0.4, -0.2) is 12.3 Å². The highest BCUT2D eigenvalue weighted by Gasteiger charge is 2.35. The molecule has 1 unspecified atom stereocenters. The summed E-state index contributed by atoms with van der Waals surface area (Å²) >= 11 is 0. The van der Waals surface area contributed by atoms with Gasteiger partial charge in [-0.1, -0.05) is 30.4 Å². The highest BCUT2D eigenvalue weighted by molar-refractivity contribution is 7.64. The highest BCUT2D eigenvalue weighted by Crippen LogP contribution is 2.47. The van der Waals surface area contributed by atoms with E-state index in [0.717, 1.165) is 11.3 Å². The summed E-state index contributed by atoms with van der Waals surface area (Å²) in [6, 6.07) is 7.40. The molecule has 0 aliphatic carbocycles. The van der Waals surface area contributed by atoms with Gasteiger partial charge in [-0.3, -0.25) is 5.09 Å². The Bertz CT molecular complexity index is 800. The first-order valence-electron chi connectivity index (χ1n) is 8.31. The Morgan fingerprint density at radius 3 is 2.72 bits per heavy atom. The fourth-order valence-corrected chi connectivity index (χ4v) is 4.21. The van der Waals surface area contributed by atoms with Crippen molar-refractivity contribution in [1.29, 1.82) is 5.26 Å². The second-order valence-corrected chi connectivity index (χ2v) is 9.39. The Morgan fingerprint density at radius 1 is 1.32 bits per heavy atom. The SMILES string of the molecule is C\C=C/C=C\C=C\P(C)(=O)N[C@H]1CC(C)(C)Oc2ccc(C#N)cc21. The van der Waals surface area contributed by atoms with Gasteiger partial charge in [0.2, 0.25) is 0 Å². The minimum absolute atomic E-state index is 0.132. The van der Waals surface area contributed by atoms with Gasteiger partial charge in [0.1, 0.15) is 11.4 Å². The Labute approximate surface area is 150 Å². The van der Waals surface area contributed by atoms with Crippen LogP contribution in [-0.2, 0) is 4.57 Å². The van der Waals surface area contributed by atoms with Crippen molar-refractivity contribution in [1.82, 2.24) is 5.09 Å². The summed E-state index contributed by atoms with van der Waals surface area (Å²) in [5.74, 6) is 2.45. The van der Waals surface area contributed by atoms with Crippen molar-refractivity contribution in [2.75, 3.05) is 6.66 Å². The quantitative estimate of drug-likeness (QED) is 0.574. The molecule has 1 heterocycles. The molecule has 4 nitrogen and oxygen atoms in total. The monoisotopic (exact) mass is 356 g/mol. The third kappa shape index (κ3) is 5.46. The third-order valence-electron chi connectivity index (χ3n) is 3.90. The zero-order valence-corrected chi connectivity index (χ0v) is 16.1. The van der Waals surface area contributed by atoms with Crippen molar-refractivity contribution >= 4 is 7.29 Å². The van der Waals surface area contributed by atoms with Gasteiger partial charge in [-0.2, -0.15) is 5.26 Å². The normalized spacial score (nSPS) is 21.8. The molecule has 0 spiro atoms. The first-order chi connectivity index (χ1) is 11.8. The molecule has 132 valence electrons. The number of nitrogens with zero attached hydrogens (tertiary/aromatic N) is 1. The Morgan fingerprint density at radius 2 is 2.04 bits per heavy atom. The topological polar surface area (TPSA) is 62.1 Å². The first-order valence-corrected chi connectivity index (χ1v) is 10.5. The maximum Gasteiger partial charge on any atom is 0.166 e. The number of fused-ring (bicyclic) bond motifs is 1. The van der Waals surface area contributed by atoms with Crippen LogP contribution in [0.1, 0.15) is 44.4 Å². The van der Waals surface area contributed by atoms with Gasteiger partial charge in [0.15, 0.2) is 7.29 Å². The molecular formula is C20H25N2O2P. The maximum absolute atomic E-state index is 12.9. The molecule has 0 radical (unpaired) electrons. The molecule has 5 heteroatoms. The van der Waals surface area contributed by atoms with E-state index in [1.807, 2.05) is 57.2 Å². The summed E-state index contributed by atoms with van der Waals surface area (Å²) in [7, 11) is -2.69. The van der Waals surface area contributed by atoms with E-state index in [1.165, 1.54) is 0 Å². The maximum atomic E-state index is 12.9. The summed E-state index contributed by atoms with van der Waals surface area (Å²) in [5.41, 5.74) is 1.09. The van der Waals surface area contributed by atoms with Crippen LogP contribution in [0.5, 0.6) is 5.75 Å². The van der Waals surface area contributed by atoms with Crippen LogP contribution in [0.3, 0.4) is 0 Å². The van der Waals surface area contributed by atoms with Crippen molar-refractivity contribution in [3.05, 3.63) is 65.5 Å². The summed E-state index contributed by atoms with van der Waals surface area (Å²) in [5, 5.41) is 12.4. The van der Waals surface area contributed by atoms with E-state index >= 15 is 0 Å². The fraction of sp³-hybridized carbons (Fsp3) is 0.350. The summed E-state index contributed by atoms with van der Waals surface area (Å²) in [4.78, 5) is 0. The van der Waals surface area contributed by atoms with E-state index in [0.29, 0.717) is 12.0 Å². The molecule has 1 N–H and O–H groups in total. The van der Waals surface area contributed by atoms with Crippen molar-refractivity contribution in [2.24, 2.45) is 0 Å². The molecule has 0 saturated carbocycles. The largest absolute Gasteiger partial charge is 0.487 e. The number of nitriles is 1. The van der Waals surface area contributed by atoms with E-state index in [1.54, 1.807) is 24.6 Å². The van der Waals surface area contributed by atoms with Crippen molar-refractivity contribution in [3.8, 4) is 11.8 Å². The standard InChI is InChI=1S/C20H25N2O2P/c1-5-6-7-8-9-12-25(4,23)22-18-14-20(2,3)24-19-11-10-16(15-21)13-17(18)19/h5-13,18H,14H2,1-4H3,(H,22,23)/b6-5-,8-7-,12-9+/t18-,25?/m0/s1. The van der Waals surface area contributed by atoms with E-state index < -0.39 is 7.29 Å². The number of nitrogens with one attached hydrogen (secondary N) is 1. The summed E-state index contributed by atoms with van der Waals surface area (Å²) < 4.78 is 18.9. The smallest absolute Gasteiger partial charge is 0.166 e. The van der Waals surface area contributed by atoms with Gasteiger partial charge in [0.25, 0.3) is 0 Å². The Hall–Kier alpha value is -2.08. The van der Waals surface area contributed by atoms with E-state index in [4.69, 9.17) is 10.00 Å². The zero-order chi connectivity index (χ0) is 18.5. The average Bonchev–Trinajstić information content (AvgIpc) is 2.53. The van der Waals surface area contributed by atoms with Crippen LogP contribution in [0.4, 0.5) is 0 Å². The third-order valence-corrected chi connectivity index (χ3v) is 5.47. The van der Waals surface area contributed by atoms with Gasteiger partial charge in [-0.05, 0) is 44.8 Å². The van der Waals surface area contributed by atoms with E-state index in [9.17, 15) is 4.57 Å². The van der Waals surface area contributed by atoms with Crippen LogP contribution < -0.4 is 9.82 Å². The van der Waals surface area contributed by atoms with Crippen LogP contribution in [0, 0.1) is 11.3 Å². The molecule has 1 aliphatic rings. The minimum atomic E-state index is -2.69.